The molecule has 0 amide bonds. The number of ether oxygens (including phenoxy) is 1. The molecule has 1 saturated heterocycles. The fourth-order valence-corrected chi connectivity index (χ4v) is 2.22. The normalized spacial score (nSPS) is 14.7. The lowest BCUT2D eigenvalue weighted by Crippen LogP contribution is -2.51. The zero-order chi connectivity index (χ0) is 18.1. The summed E-state index contributed by atoms with van der Waals surface area (Å²) in [5.41, 5.74) is -2.57. The lowest BCUT2D eigenvalue weighted by molar-refractivity contribution is -0.143. The molecule has 0 radical (unpaired) electrons. The van der Waals surface area contributed by atoms with Gasteiger partial charge in [-0.05, 0) is 13.0 Å². The second kappa shape index (κ2) is 6.35. The van der Waals surface area contributed by atoms with Crippen LogP contribution in [0.5, 0.6) is 0 Å². The molecule has 1 aliphatic heterocycles. The number of anilines is 1. The van der Waals surface area contributed by atoms with E-state index in [1.807, 2.05) is 0 Å². The van der Waals surface area contributed by atoms with Crippen LogP contribution in [0, 0.1) is 17.2 Å². The van der Waals surface area contributed by atoms with Crippen molar-refractivity contribution in [2.45, 2.75) is 13.1 Å². The van der Waals surface area contributed by atoms with Crippen LogP contribution in [-0.2, 0) is 15.7 Å². The number of hydrogen-bond donors (Lipinski definition) is 1. The minimum Gasteiger partial charge on any atom is -0.481 e. The van der Waals surface area contributed by atoms with Crippen LogP contribution in [0.3, 0.4) is 0 Å². The van der Waals surface area contributed by atoms with Crippen molar-refractivity contribution in [1.29, 1.82) is 5.26 Å². The molecule has 0 aromatic carbocycles. The van der Waals surface area contributed by atoms with Gasteiger partial charge >= 0.3 is 18.1 Å². The van der Waals surface area contributed by atoms with E-state index >= 15 is 0 Å². The summed E-state index contributed by atoms with van der Waals surface area (Å²) in [5.74, 6) is -3.34. The van der Waals surface area contributed by atoms with Crippen LogP contribution in [0.4, 0.5) is 19.0 Å². The van der Waals surface area contributed by atoms with E-state index in [1.54, 1.807) is 6.07 Å². The smallest absolute Gasteiger partial charge is 0.434 e. The van der Waals surface area contributed by atoms with Crippen molar-refractivity contribution in [3.63, 3.8) is 0 Å². The number of carboxylic acid groups (broad SMARTS) is 1. The van der Waals surface area contributed by atoms with E-state index in [0.717, 1.165) is 6.07 Å². The van der Waals surface area contributed by atoms with E-state index in [9.17, 15) is 22.8 Å². The van der Waals surface area contributed by atoms with Crippen molar-refractivity contribution in [1.82, 2.24) is 4.98 Å². The average Bonchev–Trinajstić information content (AvgIpc) is 2.44. The van der Waals surface area contributed by atoms with Crippen LogP contribution < -0.4 is 4.90 Å². The van der Waals surface area contributed by atoms with Gasteiger partial charge in [0.05, 0.1) is 23.7 Å². The summed E-state index contributed by atoms with van der Waals surface area (Å²) in [4.78, 5) is 27.2. The first kappa shape index (κ1) is 17.5. The largest absolute Gasteiger partial charge is 0.481 e. The van der Waals surface area contributed by atoms with Gasteiger partial charge in [-0.25, -0.2) is 9.78 Å². The number of carbonyl (C=O) groups excluding carboxylic acids is 1. The second-order valence-electron chi connectivity index (χ2n) is 5.03. The number of carbonyl (C=O) groups is 2. The molecule has 1 N–H and O–H groups in total. The SMILES string of the molecule is CCOC(=O)c1cc(C#N)c(N2CC(C(=O)O)C2)nc1C(F)(F)F. The first-order valence-corrected chi connectivity index (χ1v) is 6.86. The predicted molar refractivity (Wildman–Crippen MR) is 73.2 cm³/mol. The average molecular weight is 343 g/mol. The fourth-order valence-electron chi connectivity index (χ4n) is 2.22. The number of carboxylic acids is 1. The first-order valence-electron chi connectivity index (χ1n) is 6.86. The summed E-state index contributed by atoms with van der Waals surface area (Å²) in [7, 11) is 0. The highest BCUT2D eigenvalue weighted by Crippen LogP contribution is 2.35. The molecule has 0 saturated carbocycles. The standard InChI is InChI=1S/C14H12F3N3O4/c1-2-24-13(23)9-3-7(4-18)11(19-10(9)14(15,16)17)20-5-8(6-20)12(21)22/h3,8H,2,5-6H2,1H3,(H,21,22). The third kappa shape index (κ3) is 3.24. The Labute approximate surface area is 134 Å². The van der Waals surface area contributed by atoms with Gasteiger partial charge in [0, 0.05) is 13.1 Å². The quantitative estimate of drug-likeness (QED) is 0.829. The Balaban J connectivity index is 2.48. The van der Waals surface area contributed by atoms with Gasteiger partial charge in [0.15, 0.2) is 5.69 Å². The van der Waals surface area contributed by atoms with Crippen molar-refractivity contribution < 1.29 is 32.6 Å². The van der Waals surface area contributed by atoms with E-state index in [0.29, 0.717) is 0 Å². The molecule has 0 unspecified atom stereocenters. The Hall–Kier alpha value is -2.83. The summed E-state index contributed by atoms with van der Waals surface area (Å²) in [6.07, 6.45) is -4.93. The Bertz CT molecular complexity index is 721. The van der Waals surface area contributed by atoms with E-state index in [2.05, 4.69) is 9.72 Å². The zero-order valence-electron chi connectivity index (χ0n) is 12.4. The molecular weight excluding hydrogens is 331 g/mol. The highest BCUT2D eigenvalue weighted by molar-refractivity contribution is 5.92. The van der Waals surface area contributed by atoms with Gasteiger partial charge < -0.3 is 14.7 Å². The van der Waals surface area contributed by atoms with Crippen molar-refractivity contribution in [3.05, 3.63) is 22.9 Å². The maximum absolute atomic E-state index is 13.2. The van der Waals surface area contributed by atoms with Crippen molar-refractivity contribution >= 4 is 17.8 Å². The van der Waals surface area contributed by atoms with E-state index < -0.39 is 35.3 Å². The molecular formula is C14H12F3N3O4. The van der Waals surface area contributed by atoms with Crippen molar-refractivity contribution in [3.8, 4) is 6.07 Å². The molecule has 1 aliphatic rings. The van der Waals surface area contributed by atoms with Crippen molar-refractivity contribution in [2.24, 2.45) is 5.92 Å². The van der Waals surface area contributed by atoms with Gasteiger partial charge in [-0.1, -0.05) is 0 Å². The Morgan fingerprint density at radius 2 is 2.12 bits per heavy atom. The number of rotatable bonds is 4. The van der Waals surface area contributed by atoms with Crippen LogP contribution in [0.15, 0.2) is 6.07 Å². The summed E-state index contributed by atoms with van der Waals surface area (Å²) in [6.45, 7) is 1.18. The molecule has 7 nitrogen and oxygen atoms in total. The van der Waals surface area contributed by atoms with Crippen LogP contribution in [0.25, 0.3) is 0 Å². The highest BCUT2D eigenvalue weighted by atomic mass is 19.4. The molecule has 1 aromatic heterocycles. The molecule has 0 bridgehead atoms. The lowest BCUT2D eigenvalue weighted by atomic mass is 9.99. The van der Waals surface area contributed by atoms with Gasteiger partial charge in [0.1, 0.15) is 11.9 Å². The number of hydrogen-bond acceptors (Lipinski definition) is 6. The van der Waals surface area contributed by atoms with Crippen LogP contribution in [0.2, 0.25) is 0 Å². The third-order valence-corrected chi connectivity index (χ3v) is 3.42. The minimum absolute atomic E-state index is 0.0624. The fraction of sp³-hybridized carbons (Fsp3) is 0.429. The highest BCUT2D eigenvalue weighted by Gasteiger charge is 2.41. The summed E-state index contributed by atoms with van der Waals surface area (Å²) >= 11 is 0. The topological polar surface area (TPSA) is 104 Å². The molecule has 0 aliphatic carbocycles. The molecule has 0 spiro atoms. The van der Waals surface area contributed by atoms with E-state index in [1.165, 1.54) is 11.8 Å². The summed E-state index contributed by atoms with van der Waals surface area (Å²) in [5, 5.41) is 18.0. The summed E-state index contributed by atoms with van der Waals surface area (Å²) in [6, 6.07) is 2.45. The lowest BCUT2D eigenvalue weighted by Gasteiger charge is -2.38. The molecule has 10 heteroatoms. The maximum Gasteiger partial charge on any atom is 0.434 e. The number of nitriles is 1. The Morgan fingerprint density at radius 1 is 1.50 bits per heavy atom. The number of nitrogens with zero attached hydrogens (tertiary/aromatic N) is 3. The Kier molecular flexibility index (Phi) is 4.64. The zero-order valence-corrected chi connectivity index (χ0v) is 12.4. The predicted octanol–water partition coefficient (Wildman–Crippen LogP) is 1.67. The summed E-state index contributed by atoms with van der Waals surface area (Å²) < 4.78 is 44.1. The van der Waals surface area contributed by atoms with Crippen LogP contribution in [-0.4, -0.2) is 41.7 Å². The number of pyridine rings is 1. The van der Waals surface area contributed by atoms with E-state index in [-0.39, 0.29) is 31.1 Å². The second-order valence-corrected chi connectivity index (χ2v) is 5.03. The molecule has 1 fully saturated rings. The first-order chi connectivity index (χ1) is 11.2. The molecule has 2 heterocycles. The van der Waals surface area contributed by atoms with Crippen molar-refractivity contribution in [2.75, 3.05) is 24.6 Å². The molecule has 0 atom stereocenters. The molecule has 128 valence electrons. The Morgan fingerprint density at radius 3 is 2.58 bits per heavy atom. The minimum atomic E-state index is -4.93. The number of aromatic nitrogens is 1. The maximum atomic E-state index is 13.2. The van der Waals surface area contributed by atoms with Gasteiger partial charge in [-0.2, -0.15) is 18.4 Å². The van der Waals surface area contributed by atoms with Crippen LogP contribution in [0.1, 0.15) is 28.5 Å². The number of alkyl halides is 3. The van der Waals surface area contributed by atoms with Crippen LogP contribution >= 0.6 is 0 Å². The number of halogens is 3. The van der Waals surface area contributed by atoms with Gasteiger partial charge in [-0.3, -0.25) is 4.79 Å². The van der Waals surface area contributed by atoms with Gasteiger partial charge in [-0.15, -0.1) is 0 Å². The molecule has 24 heavy (non-hydrogen) atoms. The van der Waals surface area contributed by atoms with E-state index in [4.69, 9.17) is 10.4 Å². The number of aliphatic carboxylic acids is 1. The van der Waals surface area contributed by atoms with Gasteiger partial charge in [0.25, 0.3) is 0 Å². The third-order valence-electron chi connectivity index (χ3n) is 3.42. The molecule has 2 rings (SSSR count). The van der Waals surface area contributed by atoms with Gasteiger partial charge in [0.2, 0.25) is 0 Å². The monoisotopic (exact) mass is 343 g/mol. The number of esters is 1. The molecule has 1 aromatic rings.